The van der Waals surface area contributed by atoms with E-state index >= 15 is 0 Å². The minimum Gasteiger partial charge on any atom is -0.324 e. The highest BCUT2D eigenvalue weighted by Crippen LogP contribution is 2.31. The zero-order valence-corrected chi connectivity index (χ0v) is 11.9. The van der Waals surface area contributed by atoms with Crippen LogP contribution in [0.4, 0.5) is 11.4 Å². The molecule has 108 valence electrons. The fourth-order valence-electron chi connectivity index (χ4n) is 2.48. The molecule has 0 bridgehead atoms. The van der Waals surface area contributed by atoms with Gasteiger partial charge < -0.3 is 16.4 Å². The van der Waals surface area contributed by atoms with E-state index in [1.807, 2.05) is 12.1 Å². The van der Waals surface area contributed by atoms with E-state index in [1.54, 1.807) is 6.07 Å². The molecular formula is C15H21N3O2. The van der Waals surface area contributed by atoms with Crippen LogP contribution in [-0.2, 0) is 9.59 Å². The van der Waals surface area contributed by atoms with Crippen molar-refractivity contribution in [1.82, 2.24) is 0 Å². The van der Waals surface area contributed by atoms with Gasteiger partial charge in [0.25, 0.3) is 0 Å². The molecule has 1 aromatic rings. The first-order chi connectivity index (χ1) is 9.51. The van der Waals surface area contributed by atoms with E-state index in [2.05, 4.69) is 24.5 Å². The number of amides is 2. The van der Waals surface area contributed by atoms with Crippen LogP contribution < -0.4 is 16.4 Å². The summed E-state index contributed by atoms with van der Waals surface area (Å²) in [5.41, 5.74) is 8.48. The maximum absolute atomic E-state index is 11.6. The summed E-state index contributed by atoms with van der Waals surface area (Å²) in [7, 11) is 0. The minimum atomic E-state index is -0.298. The molecule has 2 atom stereocenters. The first-order valence-electron chi connectivity index (χ1n) is 7.00. The number of nitrogens with two attached hydrogens (primary N) is 1. The monoisotopic (exact) mass is 275 g/mol. The molecule has 0 saturated carbocycles. The van der Waals surface area contributed by atoms with Crippen molar-refractivity contribution >= 4 is 23.2 Å². The lowest BCUT2D eigenvalue weighted by molar-refractivity contribution is -0.123. The van der Waals surface area contributed by atoms with Gasteiger partial charge in [0.2, 0.25) is 11.8 Å². The average Bonchev–Trinajstić information content (AvgIpc) is 2.53. The maximum atomic E-state index is 11.6. The molecule has 4 N–H and O–H groups in total. The second-order valence-electron chi connectivity index (χ2n) is 5.37. The predicted octanol–water partition coefficient (Wildman–Crippen LogP) is 2.40. The summed E-state index contributed by atoms with van der Waals surface area (Å²) >= 11 is 0. The highest BCUT2D eigenvalue weighted by atomic mass is 16.2. The second-order valence-corrected chi connectivity index (χ2v) is 5.37. The van der Waals surface area contributed by atoms with Crippen molar-refractivity contribution in [2.75, 3.05) is 10.6 Å². The van der Waals surface area contributed by atoms with Crippen LogP contribution in [0.5, 0.6) is 0 Å². The summed E-state index contributed by atoms with van der Waals surface area (Å²) in [6, 6.07) is 5.49. The van der Waals surface area contributed by atoms with Crippen molar-refractivity contribution in [1.29, 1.82) is 0 Å². The lowest BCUT2D eigenvalue weighted by atomic mass is 9.91. The number of carbonyl (C=O) groups is 2. The van der Waals surface area contributed by atoms with E-state index in [0.29, 0.717) is 17.3 Å². The SMILES string of the molecule is CCCC(C)C(N)c1ccc2c(c1)NC(=O)CC(=O)N2. The number of anilines is 2. The molecule has 0 spiro atoms. The number of hydrogen-bond acceptors (Lipinski definition) is 3. The molecule has 5 heteroatoms. The highest BCUT2D eigenvalue weighted by molar-refractivity contribution is 6.13. The summed E-state index contributed by atoms with van der Waals surface area (Å²) in [6.07, 6.45) is 2.00. The lowest BCUT2D eigenvalue weighted by Gasteiger charge is -2.21. The van der Waals surface area contributed by atoms with Gasteiger partial charge in [-0.25, -0.2) is 0 Å². The van der Waals surface area contributed by atoms with Gasteiger partial charge in [0.05, 0.1) is 11.4 Å². The molecule has 0 aliphatic carbocycles. The molecule has 20 heavy (non-hydrogen) atoms. The van der Waals surface area contributed by atoms with E-state index in [9.17, 15) is 9.59 Å². The van der Waals surface area contributed by atoms with Crippen molar-refractivity contribution < 1.29 is 9.59 Å². The lowest BCUT2D eigenvalue weighted by Crippen LogP contribution is -2.19. The van der Waals surface area contributed by atoms with Crippen LogP contribution in [0.15, 0.2) is 18.2 Å². The zero-order chi connectivity index (χ0) is 14.7. The Morgan fingerprint density at radius 2 is 1.85 bits per heavy atom. The van der Waals surface area contributed by atoms with Crippen LogP contribution in [-0.4, -0.2) is 11.8 Å². The van der Waals surface area contributed by atoms with Crippen molar-refractivity contribution in [3.8, 4) is 0 Å². The third-order valence-electron chi connectivity index (χ3n) is 3.65. The first kappa shape index (κ1) is 14.5. The third-order valence-corrected chi connectivity index (χ3v) is 3.65. The number of rotatable bonds is 4. The molecule has 1 aliphatic heterocycles. The smallest absolute Gasteiger partial charge is 0.233 e. The van der Waals surface area contributed by atoms with E-state index in [0.717, 1.165) is 18.4 Å². The summed E-state index contributed by atoms with van der Waals surface area (Å²) in [5.74, 6) is -0.222. The van der Waals surface area contributed by atoms with Crippen LogP contribution in [0.3, 0.4) is 0 Å². The Hall–Kier alpha value is -1.88. The highest BCUT2D eigenvalue weighted by Gasteiger charge is 2.20. The van der Waals surface area contributed by atoms with Gasteiger partial charge in [-0.05, 0) is 30.0 Å². The largest absolute Gasteiger partial charge is 0.324 e. The standard InChI is InChI=1S/C15H21N3O2/c1-3-4-9(2)15(16)10-5-6-11-12(7-10)18-14(20)8-13(19)17-11/h5-7,9,15H,3-4,8,16H2,1-2H3,(H,17,19)(H,18,20). The second kappa shape index (κ2) is 6.05. The molecule has 1 aliphatic rings. The Morgan fingerprint density at radius 3 is 2.50 bits per heavy atom. The zero-order valence-electron chi connectivity index (χ0n) is 11.9. The molecule has 2 rings (SSSR count). The van der Waals surface area contributed by atoms with Crippen LogP contribution in [0.2, 0.25) is 0 Å². The quantitative estimate of drug-likeness (QED) is 0.738. The Morgan fingerprint density at radius 1 is 1.20 bits per heavy atom. The van der Waals surface area contributed by atoms with Gasteiger partial charge in [0.15, 0.2) is 0 Å². The predicted molar refractivity (Wildman–Crippen MR) is 79.3 cm³/mol. The molecule has 0 radical (unpaired) electrons. The summed E-state index contributed by atoms with van der Waals surface area (Å²) in [4.78, 5) is 23.0. The maximum Gasteiger partial charge on any atom is 0.233 e. The Kier molecular flexibility index (Phi) is 4.39. The Labute approximate surface area is 118 Å². The molecule has 2 amide bonds. The molecule has 1 aromatic carbocycles. The van der Waals surface area contributed by atoms with Gasteiger partial charge in [-0.3, -0.25) is 9.59 Å². The molecule has 0 saturated heterocycles. The van der Waals surface area contributed by atoms with Crippen molar-refractivity contribution in [2.45, 2.75) is 39.2 Å². The van der Waals surface area contributed by atoms with Crippen LogP contribution >= 0.6 is 0 Å². The molecule has 1 heterocycles. The van der Waals surface area contributed by atoms with Crippen LogP contribution in [0.25, 0.3) is 0 Å². The molecule has 0 fully saturated rings. The van der Waals surface area contributed by atoms with Crippen LogP contribution in [0, 0.1) is 5.92 Å². The third kappa shape index (κ3) is 3.17. The topological polar surface area (TPSA) is 84.2 Å². The van der Waals surface area contributed by atoms with Gasteiger partial charge in [0.1, 0.15) is 6.42 Å². The van der Waals surface area contributed by atoms with Crippen molar-refractivity contribution in [2.24, 2.45) is 11.7 Å². The van der Waals surface area contributed by atoms with Gasteiger partial charge >= 0.3 is 0 Å². The summed E-state index contributed by atoms with van der Waals surface area (Å²) in [6.45, 7) is 4.26. The first-order valence-corrected chi connectivity index (χ1v) is 7.00. The number of carbonyl (C=O) groups excluding carboxylic acids is 2. The Balaban J connectivity index is 2.27. The minimum absolute atomic E-state index is 0.0730. The van der Waals surface area contributed by atoms with Crippen molar-refractivity contribution in [3.63, 3.8) is 0 Å². The van der Waals surface area contributed by atoms with Crippen LogP contribution in [0.1, 0.15) is 44.7 Å². The fourth-order valence-corrected chi connectivity index (χ4v) is 2.48. The van der Waals surface area contributed by atoms with E-state index in [-0.39, 0.29) is 24.3 Å². The Bertz CT molecular complexity index is 528. The number of hydrogen-bond donors (Lipinski definition) is 3. The van der Waals surface area contributed by atoms with Crippen molar-refractivity contribution in [3.05, 3.63) is 23.8 Å². The van der Waals surface area contributed by atoms with E-state index in [1.165, 1.54) is 0 Å². The average molecular weight is 275 g/mol. The molecule has 0 aromatic heterocycles. The van der Waals surface area contributed by atoms with Gasteiger partial charge in [-0.1, -0.05) is 26.3 Å². The summed E-state index contributed by atoms with van der Waals surface area (Å²) in [5, 5.41) is 5.45. The molecular weight excluding hydrogens is 254 g/mol. The summed E-state index contributed by atoms with van der Waals surface area (Å²) < 4.78 is 0. The fraction of sp³-hybridized carbons (Fsp3) is 0.467. The number of fused-ring (bicyclic) bond motifs is 1. The van der Waals surface area contributed by atoms with E-state index in [4.69, 9.17) is 5.73 Å². The van der Waals surface area contributed by atoms with E-state index < -0.39 is 0 Å². The number of benzene rings is 1. The van der Waals surface area contributed by atoms with Gasteiger partial charge in [-0.2, -0.15) is 0 Å². The van der Waals surface area contributed by atoms with Gasteiger partial charge in [0, 0.05) is 6.04 Å². The van der Waals surface area contributed by atoms with Gasteiger partial charge in [-0.15, -0.1) is 0 Å². The normalized spacial score (nSPS) is 17.6. The number of nitrogens with one attached hydrogen (secondary N) is 2. The molecule has 2 unspecified atom stereocenters. The molecule has 5 nitrogen and oxygen atoms in total.